The molecule has 1 N–H and O–H groups in total. The number of aromatic nitrogens is 2. The number of ether oxygens (including phenoxy) is 1. The van der Waals surface area contributed by atoms with E-state index >= 15 is 0 Å². The van der Waals surface area contributed by atoms with Gasteiger partial charge in [0.25, 0.3) is 0 Å². The summed E-state index contributed by atoms with van der Waals surface area (Å²) in [4.78, 5) is 14.7. The molecule has 1 amide bonds. The van der Waals surface area contributed by atoms with Crippen LogP contribution in [0.25, 0.3) is 0 Å². The van der Waals surface area contributed by atoms with Gasteiger partial charge in [0, 0.05) is 70.1 Å². The van der Waals surface area contributed by atoms with Gasteiger partial charge in [-0.2, -0.15) is 5.10 Å². The van der Waals surface area contributed by atoms with Crippen molar-refractivity contribution in [3.05, 3.63) is 17.5 Å². The van der Waals surface area contributed by atoms with Gasteiger partial charge in [0.1, 0.15) is 0 Å². The zero-order valence-corrected chi connectivity index (χ0v) is 19.2. The highest BCUT2D eigenvalue weighted by atomic mass is 32.2. The van der Waals surface area contributed by atoms with E-state index in [2.05, 4.69) is 15.3 Å². The predicted molar refractivity (Wildman–Crippen MR) is 115 cm³/mol. The third kappa shape index (κ3) is 6.26. The maximum Gasteiger partial charge on any atom is 0.221 e. The number of nitrogens with one attached hydrogen (secondary N) is 1. The van der Waals surface area contributed by atoms with Gasteiger partial charge in [-0.3, -0.25) is 14.4 Å². The van der Waals surface area contributed by atoms with E-state index in [1.165, 1.54) is 6.26 Å². The van der Waals surface area contributed by atoms with Gasteiger partial charge in [0.15, 0.2) is 0 Å². The number of carbonyl (C=O) groups is 1. The molecule has 1 atom stereocenters. The molecule has 1 aromatic heterocycles. The molecule has 9 nitrogen and oxygen atoms in total. The van der Waals surface area contributed by atoms with E-state index in [0.29, 0.717) is 38.6 Å². The second-order valence-electron chi connectivity index (χ2n) is 8.40. The highest BCUT2D eigenvalue weighted by molar-refractivity contribution is 7.88. The van der Waals surface area contributed by atoms with Gasteiger partial charge in [0.2, 0.25) is 15.9 Å². The van der Waals surface area contributed by atoms with Gasteiger partial charge in [-0.25, -0.2) is 12.7 Å². The molecule has 170 valence electrons. The fraction of sp³-hybridized carbons (Fsp3) is 0.800. The molecule has 1 aromatic rings. The molecule has 3 rings (SSSR count). The van der Waals surface area contributed by atoms with Crippen molar-refractivity contribution in [2.75, 3.05) is 45.6 Å². The molecular weight excluding hydrogens is 406 g/mol. The van der Waals surface area contributed by atoms with E-state index in [1.807, 2.05) is 24.6 Å². The van der Waals surface area contributed by atoms with Gasteiger partial charge in [-0.1, -0.05) is 0 Å². The number of sulfonamides is 1. The minimum absolute atomic E-state index is 0.0127. The molecule has 0 aliphatic carbocycles. The third-order valence-corrected chi connectivity index (χ3v) is 7.34. The standard InChI is InChI=1S/C20H35N5O4S/c1-16-14-17(2)25(22-16)10-5-20(26)21-8-11-24(18-6-12-29-13-7-18)19-4-9-23(15-19)30(3,27)28/h14,18-19H,4-13,15H2,1-3H3,(H,21,26). The van der Waals surface area contributed by atoms with Crippen LogP contribution in [0.5, 0.6) is 0 Å². The van der Waals surface area contributed by atoms with Gasteiger partial charge in [-0.15, -0.1) is 0 Å². The molecule has 0 bridgehead atoms. The lowest BCUT2D eigenvalue weighted by Crippen LogP contribution is -2.50. The molecule has 3 heterocycles. The summed E-state index contributed by atoms with van der Waals surface area (Å²) in [5.41, 5.74) is 2.02. The van der Waals surface area contributed by atoms with Crippen molar-refractivity contribution in [2.45, 2.75) is 58.2 Å². The Bertz CT molecular complexity index is 819. The monoisotopic (exact) mass is 441 g/mol. The van der Waals surface area contributed by atoms with Gasteiger partial charge < -0.3 is 10.1 Å². The quantitative estimate of drug-likeness (QED) is 0.600. The summed E-state index contributed by atoms with van der Waals surface area (Å²) in [7, 11) is -3.17. The van der Waals surface area contributed by atoms with E-state index in [1.54, 1.807) is 4.31 Å². The van der Waals surface area contributed by atoms with E-state index < -0.39 is 10.0 Å². The molecule has 0 aromatic carbocycles. The molecule has 0 radical (unpaired) electrons. The van der Waals surface area contributed by atoms with E-state index in [-0.39, 0.29) is 11.9 Å². The summed E-state index contributed by atoms with van der Waals surface area (Å²) in [6.07, 6.45) is 4.39. The van der Waals surface area contributed by atoms with Crippen LogP contribution in [0.1, 0.15) is 37.1 Å². The van der Waals surface area contributed by atoms with Crippen molar-refractivity contribution >= 4 is 15.9 Å². The van der Waals surface area contributed by atoms with Crippen molar-refractivity contribution < 1.29 is 17.9 Å². The highest BCUT2D eigenvalue weighted by Crippen LogP contribution is 2.24. The first kappa shape index (κ1) is 23.2. The van der Waals surface area contributed by atoms with E-state index in [9.17, 15) is 13.2 Å². The fourth-order valence-corrected chi connectivity index (χ4v) is 5.36. The van der Waals surface area contributed by atoms with Crippen LogP contribution in [0.2, 0.25) is 0 Å². The van der Waals surface area contributed by atoms with E-state index in [0.717, 1.165) is 50.4 Å². The molecule has 30 heavy (non-hydrogen) atoms. The van der Waals surface area contributed by atoms with Gasteiger partial charge in [-0.05, 0) is 39.2 Å². The third-order valence-electron chi connectivity index (χ3n) is 6.07. The highest BCUT2D eigenvalue weighted by Gasteiger charge is 2.35. The maximum absolute atomic E-state index is 12.3. The first-order valence-electron chi connectivity index (χ1n) is 10.8. The molecule has 1 unspecified atom stereocenters. The largest absolute Gasteiger partial charge is 0.381 e. The molecule has 2 fully saturated rings. The van der Waals surface area contributed by atoms with Crippen LogP contribution in [-0.2, 0) is 26.1 Å². The Labute approximate surface area is 179 Å². The van der Waals surface area contributed by atoms with Crippen LogP contribution < -0.4 is 5.32 Å². The SMILES string of the molecule is Cc1cc(C)n(CCC(=O)NCCN(C2CCOCC2)C2CCN(S(C)(=O)=O)C2)n1. The fourth-order valence-electron chi connectivity index (χ4n) is 4.48. The van der Waals surface area contributed by atoms with Crippen LogP contribution in [0.4, 0.5) is 0 Å². The minimum atomic E-state index is -3.17. The average molecular weight is 442 g/mol. The lowest BCUT2D eigenvalue weighted by atomic mass is 10.0. The maximum atomic E-state index is 12.3. The Morgan fingerprint density at radius 3 is 2.60 bits per heavy atom. The summed E-state index contributed by atoms with van der Waals surface area (Å²) in [6, 6.07) is 2.56. The predicted octanol–water partition coefficient (Wildman–Crippen LogP) is 0.521. The summed E-state index contributed by atoms with van der Waals surface area (Å²) < 4.78 is 32.8. The van der Waals surface area contributed by atoms with Gasteiger partial charge in [0.05, 0.1) is 11.9 Å². The normalized spacial score (nSPS) is 21.4. The topological polar surface area (TPSA) is 96.8 Å². The lowest BCUT2D eigenvalue weighted by molar-refractivity contribution is -0.121. The van der Waals surface area contributed by atoms with Crippen LogP contribution >= 0.6 is 0 Å². The number of nitrogens with zero attached hydrogens (tertiary/aromatic N) is 4. The number of carbonyl (C=O) groups excluding carboxylic acids is 1. The van der Waals surface area contributed by atoms with Crippen LogP contribution in [0, 0.1) is 13.8 Å². The first-order chi connectivity index (χ1) is 14.2. The number of rotatable bonds is 9. The molecule has 2 saturated heterocycles. The first-order valence-corrected chi connectivity index (χ1v) is 12.6. The van der Waals surface area contributed by atoms with Crippen molar-refractivity contribution in [2.24, 2.45) is 0 Å². The van der Waals surface area contributed by atoms with Crippen molar-refractivity contribution in [3.8, 4) is 0 Å². The van der Waals surface area contributed by atoms with Crippen LogP contribution in [0.15, 0.2) is 6.07 Å². The smallest absolute Gasteiger partial charge is 0.221 e. The minimum Gasteiger partial charge on any atom is -0.381 e. The molecule has 0 spiro atoms. The molecule has 2 aliphatic rings. The van der Waals surface area contributed by atoms with E-state index in [4.69, 9.17) is 4.74 Å². The zero-order chi connectivity index (χ0) is 21.7. The number of hydrogen-bond donors (Lipinski definition) is 1. The van der Waals surface area contributed by atoms with Gasteiger partial charge >= 0.3 is 0 Å². The summed E-state index contributed by atoms with van der Waals surface area (Å²) in [5, 5.41) is 7.42. The Balaban J connectivity index is 1.50. The Hall–Kier alpha value is -1.49. The number of amides is 1. The molecule has 10 heteroatoms. The Morgan fingerprint density at radius 2 is 2.00 bits per heavy atom. The molecule has 2 aliphatic heterocycles. The summed E-state index contributed by atoms with van der Waals surface area (Å²) in [5.74, 6) is 0.0127. The number of hydrogen-bond acceptors (Lipinski definition) is 6. The Kier molecular flexibility index (Phi) is 7.89. The number of aryl methyl sites for hydroxylation is 3. The second kappa shape index (κ2) is 10.2. The second-order valence-corrected chi connectivity index (χ2v) is 10.4. The molecule has 0 saturated carbocycles. The lowest BCUT2D eigenvalue weighted by Gasteiger charge is -2.38. The van der Waals surface area contributed by atoms with Crippen LogP contribution in [0.3, 0.4) is 0 Å². The Morgan fingerprint density at radius 1 is 1.27 bits per heavy atom. The van der Waals surface area contributed by atoms with Crippen molar-refractivity contribution in [1.29, 1.82) is 0 Å². The molecular formula is C20H35N5O4S. The van der Waals surface area contributed by atoms with Crippen molar-refractivity contribution in [3.63, 3.8) is 0 Å². The van der Waals surface area contributed by atoms with Crippen molar-refractivity contribution in [1.82, 2.24) is 24.3 Å². The average Bonchev–Trinajstić information content (AvgIpc) is 3.30. The summed E-state index contributed by atoms with van der Waals surface area (Å²) >= 11 is 0. The summed E-state index contributed by atoms with van der Waals surface area (Å²) in [6.45, 7) is 8.35. The zero-order valence-electron chi connectivity index (χ0n) is 18.3. The van der Waals surface area contributed by atoms with Crippen LogP contribution in [-0.4, -0.2) is 91.0 Å².